The van der Waals surface area contributed by atoms with Crippen LogP contribution in [0.25, 0.3) is 0 Å². The van der Waals surface area contributed by atoms with Gasteiger partial charge in [-0.3, -0.25) is 4.90 Å². The van der Waals surface area contributed by atoms with E-state index >= 15 is 0 Å². The molecule has 0 aromatic carbocycles. The molecule has 2 rings (SSSR count). The summed E-state index contributed by atoms with van der Waals surface area (Å²) in [5.74, 6) is 0.876. The molecule has 0 bridgehead atoms. The summed E-state index contributed by atoms with van der Waals surface area (Å²) in [5, 5.41) is 3.58. The Bertz CT molecular complexity index is 254. The first-order valence-corrected chi connectivity index (χ1v) is 8.59. The standard InChI is InChI=1S/C16H32N2O3/c1-2-3-7-19-9-11-21-12-10-20-8-6-18-13-15-4-5-17-16(15)14-18/h15-17H,2-14H2,1H3/t15-,16+/m0/s1. The van der Waals surface area contributed by atoms with Crippen LogP contribution in [0.5, 0.6) is 0 Å². The lowest BCUT2D eigenvalue weighted by Gasteiger charge is -2.16. The van der Waals surface area contributed by atoms with Gasteiger partial charge in [-0.05, 0) is 25.3 Å². The summed E-state index contributed by atoms with van der Waals surface area (Å²) in [6.07, 6.45) is 3.66. The summed E-state index contributed by atoms with van der Waals surface area (Å²) < 4.78 is 16.5. The van der Waals surface area contributed by atoms with Crippen molar-refractivity contribution in [2.45, 2.75) is 32.2 Å². The maximum Gasteiger partial charge on any atom is 0.0701 e. The maximum absolute atomic E-state index is 5.63. The summed E-state index contributed by atoms with van der Waals surface area (Å²) in [4.78, 5) is 2.52. The Morgan fingerprint density at radius 2 is 1.67 bits per heavy atom. The van der Waals surface area contributed by atoms with Crippen molar-refractivity contribution in [3.05, 3.63) is 0 Å². The van der Waals surface area contributed by atoms with E-state index in [2.05, 4.69) is 17.1 Å². The number of fused-ring (bicyclic) bond motifs is 1. The van der Waals surface area contributed by atoms with Crippen LogP contribution in [0.15, 0.2) is 0 Å². The first kappa shape index (κ1) is 17.2. The number of likely N-dealkylation sites (tertiary alicyclic amines) is 1. The predicted octanol–water partition coefficient (Wildman–Crippen LogP) is 1.13. The van der Waals surface area contributed by atoms with Crippen molar-refractivity contribution in [3.63, 3.8) is 0 Å². The number of ether oxygens (including phenoxy) is 3. The van der Waals surface area contributed by atoms with E-state index in [0.717, 1.165) is 38.1 Å². The molecule has 21 heavy (non-hydrogen) atoms. The normalized spacial score (nSPS) is 25.6. The number of unbranched alkanes of at least 4 members (excludes halogenated alkanes) is 1. The Labute approximate surface area is 129 Å². The molecule has 0 spiro atoms. The van der Waals surface area contributed by atoms with Gasteiger partial charge in [0.05, 0.1) is 33.0 Å². The minimum absolute atomic E-state index is 0.671. The molecule has 0 unspecified atom stereocenters. The fraction of sp³-hybridized carbons (Fsp3) is 1.00. The topological polar surface area (TPSA) is 43.0 Å². The Morgan fingerprint density at radius 3 is 2.38 bits per heavy atom. The number of nitrogens with one attached hydrogen (secondary N) is 1. The predicted molar refractivity (Wildman–Crippen MR) is 83.7 cm³/mol. The van der Waals surface area contributed by atoms with Crippen LogP contribution in [0.1, 0.15) is 26.2 Å². The van der Waals surface area contributed by atoms with Gasteiger partial charge in [0, 0.05) is 32.3 Å². The van der Waals surface area contributed by atoms with Crippen molar-refractivity contribution in [1.29, 1.82) is 0 Å². The third-order valence-electron chi connectivity index (χ3n) is 4.38. The van der Waals surface area contributed by atoms with Crippen LogP contribution in [-0.4, -0.2) is 76.8 Å². The fourth-order valence-electron chi connectivity index (χ4n) is 3.10. The van der Waals surface area contributed by atoms with E-state index in [1.54, 1.807) is 0 Å². The highest BCUT2D eigenvalue weighted by Crippen LogP contribution is 2.23. The second kappa shape index (κ2) is 10.5. The molecule has 1 N–H and O–H groups in total. The van der Waals surface area contributed by atoms with Crippen molar-refractivity contribution < 1.29 is 14.2 Å². The van der Waals surface area contributed by atoms with Gasteiger partial charge in [-0.1, -0.05) is 13.3 Å². The third kappa shape index (κ3) is 6.61. The molecule has 2 atom stereocenters. The van der Waals surface area contributed by atoms with Gasteiger partial charge in [0.15, 0.2) is 0 Å². The van der Waals surface area contributed by atoms with Crippen molar-refractivity contribution in [2.75, 3.05) is 65.8 Å². The van der Waals surface area contributed by atoms with Gasteiger partial charge in [-0.25, -0.2) is 0 Å². The summed E-state index contributed by atoms with van der Waals surface area (Å²) in [6.45, 7) is 11.3. The zero-order chi connectivity index (χ0) is 14.8. The van der Waals surface area contributed by atoms with Crippen LogP contribution in [-0.2, 0) is 14.2 Å². The molecule has 2 aliphatic heterocycles. The van der Waals surface area contributed by atoms with Crippen molar-refractivity contribution in [3.8, 4) is 0 Å². The van der Waals surface area contributed by atoms with E-state index in [4.69, 9.17) is 14.2 Å². The molecule has 124 valence electrons. The molecule has 0 radical (unpaired) electrons. The van der Waals surface area contributed by atoms with E-state index in [1.807, 2.05) is 0 Å². The minimum Gasteiger partial charge on any atom is -0.379 e. The number of rotatable bonds is 12. The third-order valence-corrected chi connectivity index (χ3v) is 4.38. The van der Waals surface area contributed by atoms with Crippen LogP contribution in [0.3, 0.4) is 0 Å². The van der Waals surface area contributed by atoms with Crippen LogP contribution in [0, 0.1) is 5.92 Å². The smallest absolute Gasteiger partial charge is 0.0701 e. The molecule has 2 heterocycles. The van der Waals surface area contributed by atoms with E-state index in [1.165, 1.54) is 32.5 Å². The van der Waals surface area contributed by atoms with Gasteiger partial charge in [-0.2, -0.15) is 0 Å². The van der Waals surface area contributed by atoms with Crippen LogP contribution in [0.4, 0.5) is 0 Å². The highest BCUT2D eigenvalue weighted by Gasteiger charge is 2.35. The zero-order valence-corrected chi connectivity index (χ0v) is 13.5. The minimum atomic E-state index is 0.671. The molecular weight excluding hydrogens is 268 g/mol. The molecule has 0 amide bonds. The lowest BCUT2D eigenvalue weighted by atomic mass is 10.1. The average molecular weight is 300 g/mol. The van der Waals surface area contributed by atoms with E-state index < -0.39 is 0 Å². The van der Waals surface area contributed by atoms with Gasteiger partial charge >= 0.3 is 0 Å². The Kier molecular flexibility index (Phi) is 8.59. The van der Waals surface area contributed by atoms with Crippen molar-refractivity contribution in [1.82, 2.24) is 10.2 Å². The summed E-state index contributed by atoms with van der Waals surface area (Å²) in [5.41, 5.74) is 0. The second-order valence-electron chi connectivity index (χ2n) is 6.06. The fourth-order valence-corrected chi connectivity index (χ4v) is 3.10. The van der Waals surface area contributed by atoms with Gasteiger partial charge in [0.1, 0.15) is 0 Å². The number of hydrogen-bond acceptors (Lipinski definition) is 5. The average Bonchev–Trinajstić information content (AvgIpc) is 3.06. The Hall–Kier alpha value is -0.200. The quantitative estimate of drug-likeness (QED) is 0.547. The summed E-state index contributed by atoms with van der Waals surface area (Å²) >= 11 is 0. The molecule has 0 aliphatic carbocycles. The Balaban J connectivity index is 1.31. The van der Waals surface area contributed by atoms with E-state index in [-0.39, 0.29) is 0 Å². The molecule has 0 saturated carbocycles. The summed E-state index contributed by atoms with van der Waals surface area (Å²) in [7, 11) is 0. The molecule has 5 nitrogen and oxygen atoms in total. The lowest BCUT2D eigenvalue weighted by Crippen LogP contribution is -2.32. The monoisotopic (exact) mass is 300 g/mol. The highest BCUT2D eigenvalue weighted by atomic mass is 16.5. The maximum atomic E-state index is 5.63. The van der Waals surface area contributed by atoms with Crippen LogP contribution in [0.2, 0.25) is 0 Å². The van der Waals surface area contributed by atoms with Crippen molar-refractivity contribution >= 4 is 0 Å². The molecular formula is C16H32N2O3. The molecule has 2 aliphatic rings. The van der Waals surface area contributed by atoms with Crippen LogP contribution >= 0.6 is 0 Å². The highest BCUT2D eigenvalue weighted by molar-refractivity contribution is 4.93. The Morgan fingerprint density at radius 1 is 0.952 bits per heavy atom. The van der Waals surface area contributed by atoms with Gasteiger partial charge in [-0.15, -0.1) is 0 Å². The van der Waals surface area contributed by atoms with E-state index in [0.29, 0.717) is 26.4 Å². The summed E-state index contributed by atoms with van der Waals surface area (Å²) in [6, 6.07) is 0.737. The van der Waals surface area contributed by atoms with Crippen molar-refractivity contribution in [2.24, 2.45) is 5.92 Å². The number of hydrogen-bond donors (Lipinski definition) is 1. The van der Waals surface area contributed by atoms with Crippen LogP contribution < -0.4 is 5.32 Å². The first-order chi connectivity index (χ1) is 10.4. The van der Waals surface area contributed by atoms with E-state index in [9.17, 15) is 0 Å². The largest absolute Gasteiger partial charge is 0.379 e. The first-order valence-electron chi connectivity index (χ1n) is 8.59. The lowest BCUT2D eigenvalue weighted by molar-refractivity contribution is 0.0108. The molecule has 0 aromatic heterocycles. The molecule has 5 heteroatoms. The molecule has 0 aromatic rings. The van der Waals surface area contributed by atoms with Gasteiger partial charge < -0.3 is 19.5 Å². The van der Waals surface area contributed by atoms with Gasteiger partial charge in [0.25, 0.3) is 0 Å². The molecule has 2 fully saturated rings. The molecule has 2 saturated heterocycles. The number of nitrogens with zero attached hydrogens (tertiary/aromatic N) is 1. The SMILES string of the molecule is CCCCOCCOCCOCCN1C[C@@H]2CCN[C@@H]2C1. The zero-order valence-electron chi connectivity index (χ0n) is 13.5. The van der Waals surface area contributed by atoms with Gasteiger partial charge in [0.2, 0.25) is 0 Å². The second-order valence-corrected chi connectivity index (χ2v) is 6.06.